The molecule has 1 aromatic heterocycles. The molecular formula is C9H12N4O2. The summed E-state index contributed by atoms with van der Waals surface area (Å²) in [5.41, 5.74) is 5.42. The van der Waals surface area contributed by atoms with Crippen LogP contribution in [0.3, 0.4) is 0 Å². The number of carbonyl (C=O) groups excluding carboxylic acids is 1. The number of aromatic nitrogens is 2. The number of nitrogens with zero attached hydrogens (tertiary/aromatic N) is 3. The molecule has 2 N–H and O–H groups in total. The number of carbonyl (C=O) groups is 1. The highest BCUT2D eigenvalue weighted by molar-refractivity contribution is 5.96. The third-order valence-corrected chi connectivity index (χ3v) is 1.78. The lowest BCUT2D eigenvalue weighted by Crippen LogP contribution is -2.32. The minimum Gasteiger partial charge on any atom is -0.379 e. The molecule has 0 fully saturated rings. The molecule has 1 amide bonds. The van der Waals surface area contributed by atoms with E-state index in [1.54, 1.807) is 0 Å². The molecule has 1 rings (SSSR count). The van der Waals surface area contributed by atoms with Gasteiger partial charge in [-0.3, -0.25) is 4.79 Å². The van der Waals surface area contributed by atoms with Crippen molar-refractivity contribution in [3.8, 4) is 12.3 Å². The van der Waals surface area contributed by atoms with Crippen molar-refractivity contribution in [1.29, 1.82) is 0 Å². The smallest absolute Gasteiger partial charge is 0.280 e. The van der Waals surface area contributed by atoms with Gasteiger partial charge in [-0.15, -0.1) is 6.42 Å². The van der Waals surface area contributed by atoms with Crippen molar-refractivity contribution in [1.82, 2.24) is 15.2 Å². The van der Waals surface area contributed by atoms with Crippen LogP contribution in [0.5, 0.6) is 0 Å². The highest BCUT2D eigenvalue weighted by atomic mass is 16.6. The van der Waals surface area contributed by atoms with E-state index in [1.165, 1.54) is 4.90 Å². The molecule has 1 aromatic rings. The maximum Gasteiger partial charge on any atom is 0.280 e. The molecule has 0 aliphatic carbocycles. The number of rotatable bonds is 4. The number of anilines is 1. The summed E-state index contributed by atoms with van der Waals surface area (Å²) in [5.74, 6) is 2.03. The van der Waals surface area contributed by atoms with Crippen LogP contribution in [0, 0.1) is 12.3 Å². The molecule has 6 heteroatoms. The van der Waals surface area contributed by atoms with Crippen molar-refractivity contribution in [3.63, 3.8) is 0 Å². The summed E-state index contributed by atoms with van der Waals surface area (Å²) in [6, 6.07) is 0. The van der Waals surface area contributed by atoms with E-state index < -0.39 is 0 Å². The van der Waals surface area contributed by atoms with Crippen molar-refractivity contribution in [2.45, 2.75) is 13.3 Å². The molecule has 6 nitrogen and oxygen atoms in total. The van der Waals surface area contributed by atoms with Crippen LogP contribution in [0.2, 0.25) is 0 Å². The average molecular weight is 208 g/mol. The van der Waals surface area contributed by atoms with Crippen LogP contribution < -0.4 is 5.73 Å². The molecule has 0 aliphatic heterocycles. The number of terminal acetylenes is 1. The van der Waals surface area contributed by atoms with E-state index in [0.29, 0.717) is 6.54 Å². The van der Waals surface area contributed by atoms with Gasteiger partial charge in [0.1, 0.15) is 0 Å². The van der Waals surface area contributed by atoms with Crippen molar-refractivity contribution in [2.75, 3.05) is 18.8 Å². The number of nitrogens with two attached hydrogens (primary N) is 1. The van der Waals surface area contributed by atoms with Gasteiger partial charge in [0.15, 0.2) is 0 Å². The summed E-state index contributed by atoms with van der Waals surface area (Å²) < 4.78 is 4.35. The molecule has 0 atom stereocenters. The number of amides is 1. The second-order valence-corrected chi connectivity index (χ2v) is 2.93. The Balaban J connectivity index is 2.81. The zero-order valence-electron chi connectivity index (χ0n) is 8.43. The maximum absolute atomic E-state index is 11.8. The van der Waals surface area contributed by atoms with Gasteiger partial charge >= 0.3 is 0 Å². The van der Waals surface area contributed by atoms with Crippen LogP contribution in [-0.2, 0) is 0 Å². The number of nitrogen functional groups attached to an aromatic ring is 1. The van der Waals surface area contributed by atoms with Gasteiger partial charge in [-0.05, 0) is 16.7 Å². The Morgan fingerprint density at radius 3 is 2.87 bits per heavy atom. The average Bonchev–Trinajstić information content (AvgIpc) is 2.63. The van der Waals surface area contributed by atoms with E-state index in [4.69, 9.17) is 12.2 Å². The Labute approximate surface area is 87.4 Å². The summed E-state index contributed by atoms with van der Waals surface area (Å²) in [6.45, 7) is 2.72. The first-order chi connectivity index (χ1) is 7.20. The summed E-state index contributed by atoms with van der Waals surface area (Å²) in [5, 5.41) is 6.76. The van der Waals surface area contributed by atoms with Crippen LogP contribution in [0.25, 0.3) is 0 Å². The molecule has 0 aromatic carbocycles. The molecule has 0 bridgehead atoms. The van der Waals surface area contributed by atoms with Crippen LogP contribution in [-0.4, -0.2) is 34.2 Å². The fraction of sp³-hybridized carbons (Fsp3) is 0.444. The highest BCUT2D eigenvalue weighted by Crippen LogP contribution is 2.08. The van der Waals surface area contributed by atoms with Gasteiger partial charge in [0.25, 0.3) is 5.91 Å². The van der Waals surface area contributed by atoms with E-state index in [2.05, 4.69) is 20.9 Å². The largest absolute Gasteiger partial charge is 0.379 e. The molecule has 0 aliphatic rings. The van der Waals surface area contributed by atoms with Crippen molar-refractivity contribution in [2.24, 2.45) is 0 Å². The van der Waals surface area contributed by atoms with Gasteiger partial charge in [0.05, 0.1) is 6.54 Å². The SMILES string of the molecule is C#CCN(CCC)C(=O)c1nonc1N. The van der Waals surface area contributed by atoms with Gasteiger partial charge in [0.2, 0.25) is 11.5 Å². The highest BCUT2D eigenvalue weighted by Gasteiger charge is 2.21. The van der Waals surface area contributed by atoms with E-state index in [0.717, 1.165) is 6.42 Å². The molecule has 1 heterocycles. The Bertz CT molecular complexity index is 380. The van der Waals surface area contributed by atoms with Crippen LogP contribution in [0.1, 0.15) is 23.8 Å². The Kier molecular flexibility index (Phi) is 3.68. The first kappa shape index (κ1) is 11.0. The molecule has 0 radical (unpaired) electrons. The second-order valence-electron chi connectivity index (χ2n) is 2.93. The van der Waals surface area contributed by atoms with E-state index in [9.17, 15) is 4.79 Å². The first-order valence-corrected chi connectivity index (χ1v) is 4.51. The van der Waals surface area contributed by atoms with Gasteiger partial charge in [0, 0.05) is 6.54 Å². The lowest BCUT2D eigenvalue weighted by molar-refractivity contribution is 0.0766. The fourth-order valence-electron chi connectivity index (χ4n) is 1.13. The predicted octanol–water partition coefficient (Wildman–Crippen LogP) is 0.137. The Morgan fingerprint density at radius 2 is 2.40 bits per heavy atom. The lowest BCUT2D eigenvalue weighted by atomic mass is 10.3. The summed E-state index contributed by atoms with van der Waals surface area (Å²) in [4.78, 5) is 13.3. The quantitative estimate of drug-likeness (QED) is 0.711. The maximum atomic E-state index is 11.8. The monoisotopic (exact) mass is 208 g/mol. The van der Waals surface area contributed by atoms with E-state index in [1.807, 2.05) is 6.92 Å². The number of hydrogen-bond donors (Lipinski definition) is 1. The zero-order valence-corrected chi connectivity index (χ0v) is 8.43. The first-order valence-electron chi connectivity index (χ1n) is 4.51. The zero-order chi connectivity index (χ0) is 11.3. The molecule has 0 saturated carbocycles. The van der Waals surface area contributed by atoms with Crippen molar-refractivity contribution in [3.05, 3.63) is 5.69 Å². The van der Waals surface area contributed by atoms with Gasteiger partial charge in [-0.2, -0.15) is 0 Å². The van der Waals surface area contributed by atoms with E-state index in [-0.39, 0.29) is 24.0 Å². The van der Waals surface area contributed by atoms with Gasteiger partial charge in [-0.1, -0.05) is 12.8 Å². The van der Waals surface area contributed by atoms with Crippen molar-refractivity contribution >= 4 is 11.7 Å². The number of hydrogen-bond acceptors (Lipinski definition) is 5. The Morgan fingerprint density at radius 1 is 1.67 bits per heavy atom. The van der Waals surface area contributed by atoms with Gasteiger partial charge in [-0.25, -0.2) is 4.63 Å². The standard InChI is InChI=1S/C9H12N4O2/c1-3-5-13(6-4-2)9(14)7-8(10)12-15-11-7/h1H,4-6H2,2H3,(H2,10,12). The second kappa shape index (κ2) is 5.00. The minimum atomic E-state index is -0.353. The molecule has 80 valence electrons. The molecule has 0 unspecified atom stereocenters. The van der Waals surface area contributed by atoms with Crippen LogP contribution >= 0.6 is 0 Å². The summed E-state index contributed by atoms with van der Waals surface area (Å²) >= 11 is 0. The minimum absolute atomic E-state index is 0.0127. The summed E-state index contributed by atoms with van der Waals surface area (Å²) in [6.07, 6.45) is 5.96. The third kappa shape index (κ3) is 2.47. The van der Waals surface area contributed by atoms with Crippen molar-refractivity contribution < 1.29 is 9.42 Å². The molecule has 0 saturated heterocycles. The third-order valence-electron chi connectivity index (χ3n) is 1.78. The Hall–Kier alpha value is -2.03. The predicted molar refractivity (Wildman–Crippen MR) is 53.7 cm³/mol. The fourth-order valence-corrected chi connectivity index (χ4v) is 1.13. The normalized spacial score (nSPS) is 9.60. The molecule has 15 heavy (non-hydrogen) atoms. The van der Waals surface area contributed by atoms with Gasteiger partial charge < -0.3 is 10.6 Å². The molecule has 0 spiro atoms. The summed E-state index contributed by atoms with van der Waals surface area (Å²) in [7, 11) is 0. The lowest BCUT2D eigenvalue weighted by Gasteiger charge is -2.17. The topological polar surface area (TPSA) is 85.2 Å². The van der Waals surface area contributed by atoms with E-state index >= 15 is 0 Å². The molecular weight excluding hydrogens is 196 g/mol. The van der Waals surface area contributed by atoms with Crippen LogP contribution in [0.4, 0.5) is 5.82 Å². The van der Waals surface area contributed by atoms with Crippen LogP contribution in [0.15, 0.2) is 4.63 Å².